The third kappa shape index (κ3) is 6.75. The molecule has 2 aromatic rings. The molecule has 1 aliphatic heterocycles. The van der Waals surface area contributed by atoms with Crippen LogP contribution in [0.2, 0.25) is 0 Å². The van der Waals surface area contributed by atoms with Crippen LogP contribution in [-0.2, 0) is 40.2 Å². The van der Waals surface area contributed by atoms with Crippen LogP contribution in [0.15, 0.2) is 23.2 Å². The minimum Gasteiger partial charge on any atom is -0.468 e. The summed E-state index contributed by atoms with van der Waals surface area (Å²) in [5, 5.41) is 0. The predicted molar refractivity (Wildman–Crippen MR) is 127 cm³/mol. The van der Waals surface area contributed by atoms with E-state index >= 15 is 0 Å². The molecule has 0 N–H and O–H groups in total. The maximum absolute atomic E-state index is 12.6. The Kier molecular flexibility index (Phi) is 8.43. The monoisotopic (exact) mass is 525 g/mol. The van der Waals surface area contributed by atoms with Crippen molar-refractivity contribution in [2.24, 2.45) is 10.9 Å². The summed E-state index contributed by atoms with van der Waals surface area (Å²) < 4.78 is 36.4. The van der Waals surface area contributed by atoms with Crippen molar-refractivity contribution in [2.45, 2.75) is 26.3 Å². The minimum absolute atomic E-state index is 0.0592. The van der Waals surface area contributed by atoms with Crippen LogP contribution in [0, 0.1) is 5.92 Å². The summed E-state index contributed by atoms with van der Waals surface area (Å²) in [6, 6.07) is 4.59. The van der Waals surface area contributed by atoms with Gasteiger partial charge in [0.15, 0.2) is 14.6 Å². The molecule has 0 radical (unpaired) electrons. The van der Waals surface area contributed by atoms with Crippen LogP contribution in [-0.4, -0.2) is 80.5 Å². The van der Waals surface area contributed by atoms with Gasteiger partial charge in [-0.1, -0.05) is 18.3 Å². The summed E-state index contributed by atoms with van der Waals surface area (Å²) in [5.41, 5.74) is 0.759. The summed E-state index contributed by atoms with van der Waals surface area (Å²) in [5.74, 6) is -3.88. The van der Waals surface area contributed by atoms with E-state index in [9.17, 15) is 27.6 Å². The number of hydrogen-bond donors (Lipinski definition) is 0. The van der Waals surface area contributed by atoms with Crippen molar-refractivity contribution in [3.05, 3.63) is 28.6 Å². The minimum atomic E-state index is -4.05. The van der Waals surface area contributed by atoms with E-state index in [1.165, 1.54) is 35.8 Å². The van der Waals surface area contributed by atoms with Gasteiger partial charge < -0.3 is 18.9 Å². The van der Waals surface area contributed by atoms with Gasteiger partial charge in [0.05, 0.1) is 30.0 Å². The number of piperidine rings is 1. The van der Waals surface area contributed by atoms with Crippen molar-refractivity contribution in [1.29, 1.82) is 0 Å². The number of likely N-dealkylation sites (tertiary alicyclic amines) is 1. The van der Waals surface area contributed by atoms with Gasteiger partial charge in [-0.05, 0) is 37.0 Å². The molecule has 0 aliphatic carbocycles. The lowest BCUT2D eigenvalue weighted by Gasteiger charge is -2.30. The van der Waals surface area contributed by atoms with Gasteiger partial charge in [0.2, 0.25) is 5.91 Å². The van der Waals surface area contributed by atoms with Crippen molar-refractivity contribution in [1.82, 2.24) is 9.47 Å². The van der Waals surface area contributed by atoms with E-state index in [1.807, 2.05) is 0 Å². The number of benzene rings is 1. The van der Waals surface area contributed by atoms with Gasteiger partial charge in [0, 0.05) is 13.1 Å². The van der Waals surface area contributed by atoms with Crippen molar-refractivity contribution in [3.8, 4) is 0 Å². The molecular weight excluding hydrogens is 498 g/mol. The number of fused-ring (bicyclic) bond motifs is 1. The second-order valence-corrected chi connectivity index (χ2v) is 11.4. The zero-order chi connectivity index (χ0) is 25.8. The van der Waals surface area contributed by atoms with Crippen LogP contribution < -0.4 is 4.80 Å². The number of sulfone groups is 1. The first-order valence-corrected chi connectivity index (χ1v) is 13.5. The van der Waals surface area contributed by atoms with Gasteiger partial charge in [-0.3, -0.25) is 14.4 Å². The average molecular weight is 526 g/mol. The first-order valence-electron chi connectivity index (χ1n) is 10.9. The van der Waals surface area contributed by atoms with Crippen molar-refractivity contribution in [2.75, 3.05) is 38.8 Å². The fourth-order valence-corrected chi connectivity index (χ4v) is 5.85. The van der Waals surface area contributed by atoms with Crippen LogP contribution >= 0.6 is 11.3 Å². The molecule has 35 heavy (non-hydrogen) atoms. The third-order valence-corrected chi connectivity index (χ3v) is 8.08. The van der Waals surface area contributed by atoms with E-state index in [0.29, 0.717) is 29.2 Å². The molecule has 1 aliphatic rings. The first kappa shape index (κ1) is 26.5. The lowest BCUT2D eigenvalue weighted by atomic mass is 9.99. The van der Waals surface area contributed by atoms with Crippen LogP contribution in [0.4, 0.5) is 0 Å². The van der Waals surface area contributed by atoms with E-state index in [2.05, 4.69) is 11.9 Å². The number of carbonyl (C=O) groups excluding carboxylic acids is 4. The van der Waals surface area contributed by atoms with E-state index in [4.69, 9.17) is 9.47 Å². The van der Waals surface area contributed by atoms with Crippen LogP contribution in [0.1, 0.15) is 30.1 Å². The number of ether oxygens (including phenoxy) is 2. The number of rotatable bonds is 7. The fourth-order valence-electron chi connectivity index (χ4n) is 3.67. The summed E-state index contributed by atoms with van der Waals surface area (Å²) >= 11 is 0.999. The van der Waals surface area contributed by atoms with Gasteiger partial charge in [-0.2, -0.15) is 4.99 Å². The highest BCUT2D eigenvalue weighted by molar-refractivity contribution is 7.92. The van der Waals surface area contributed by atoms with Gasteiger partial charge in [-0.25, -0.2) is 13.2 Å². The second-order valence-electron chi connectivity index (χ2n) is 8.32. The molecule has 0 spiro atoms. The van der Waals surface area contributed by atoms with Gasteiger partial charge >= 0.3 is 11.9 Å². The van der Waals surface area contributed by atoms with E-state index in [0.717, 1.165) is 24.2 Å². The normalized spacial score (nSPS) is 15.3. The molecule has 0 unspecified atom stereocenters. The quantitative estimate of drug-likeness (QED) is 0.483. The number of esters is 2. The molecule has 13 heteroatoms. The number of methoxy groups -OCH3 is 2. The predicted octanol–water partition coefficient (Wildman–Crippen LogP) is 0.763. The number of amides is 2. The largest absolute Gasteiger partial charge is 0.468 e. The van der Waals surface area contributed by atoms with E-state index in [-0.39, 0.29) is 16.9 Å². The Hall–Kier alpha value is -3.06. The average Bonchev–Trinajstić information content (AvgIpc) is 3.13. The SMILES string of the molecule is COC(=O)Cn1c(=NC(=O)CS(=O)(=O)CC(=O)N2CCC(C)CC2)sc2cc(C(=O)OC)ccc21. The smallest absolute Gasteiger partial charge is 0.337 e. The second kappa shape index (κ2) is 11.1. The van der Waals surface area contributed by atoms with Crippen molar-refractivity contribution in [3.63, 3.8) is 0 Å². The summed E-state index contributed by atoms with van der Waals surface area (Å²) in [6.07, 6.45) is 1.62. The molecule has 190 valence electrons. The summed E-state index contributed by atoms with van der Waals surface area (Å²) in [7, 11) is -1.59. The maximum atomic E-state index is 12.6. The van der Waals surface area contributed by atoms with Crippen molar-refractivity contribution < 1.29 is 37.1 Å². The molecule has 0 saturated carbocycles. The lowest BCUT2D eigenvalue weighted by molar-refractivity contribution is -0.141. The van der Waals surface area contributed by atoms with Crippen LogP contribution in [0.3, 0.4) is 0 Å². The number of hydrogen-bond acceptors (Lipinski definition) is 9. The molecule has 11 nitrogen and oxygen atoms in total. The Morgan fingerprint density at radius 1 is 1.09 bits per heavy atom. The molecule has 3 rings (SSSR count). The third-order valence-electron chi connectivity index (χ3n) is 5.66. The highest BCUT2D eigenvalue weighted by Gasteiger charge is 2.27. The first-order chi connectivity index (χ1) is 16.5. The Morgan fingerprint density at radius 2 is 1.77 bits per heavy atom. The lowest BCUT2D eigenvalue weighted by Crippen LogP contribution is -2.41. The molecule has 2 heterocycles. The highest BCUT2D eigenvalue weighted by atomic mass is 32.2. The number of nitrogens with zero attached hydrogens (tertiary/aromatic N) is 3. The molecule has 2 amide bonds. The van der Waals surface area contributed by atoms with E-state index in [1.54, 1.807) is 6.07 Å². The Balaban J connectivity index is 1.85. The standard InChI is InChI=1S/C22H27N3O8S2/c1-14-6-8-24(9-7-14)19(27)13-35(30,31)12-18(26)23-22-25(11-20(28)32-2)16-5-4-15(21(29)33-3)10-17(16)34-22/h4-5,10,14H,6-9,11-13H2,1-3H3. The molecule has 1 aromatic heterocycles. The number of aromatic nitrogens is 1. The van der Waals surface area contributed by atoms with Crippen LogP contribution in [0.25, 0.3) is 10.2 Å². The molecule has 1 saturated heterocycles. The highest BCUT2D eigenvalue weighted by Crippen LogP contribution is 2.20. The van der Waals surface area contributed by atoms with Gasteiger partial charge in [0.1, 0.15) is 18.1 Å². The number of carbonyl (C=O) groups is 4. The van der Waals surface area contributed by atoms with E-state index < -0.39 is 45.1 Å². The summed E-state index contributed by atoms with van der Waals surface area (Å²) in [4.78, 5) is 54.2. The van der Waals surface area contributed by atoms with Crippen LogP contribution in [0.5, 0.6) is 0 Å². The topological polar surface area (TPSA) is 141 Å². The Morgan fingerprint density at radius 3 is 2.40 bits per heavy atom. The zero-order valence-electron chi connectivity index (χ0n) is 19.7. The van der Waals surface area contributed by atoms with Gasteiger partial charge in [-0.15, -0.1) is 0 Å². The summed E-state index contributed by atoms with van der Waals surface area (Å²) in [6.45, 7) is 2.79. The molecule has 1 fully saturated rings. The fraction of sp³-hybridized carbons (Fsp3) is 0.500. The molecule has 1 aromatic carbocycles. The maximum Gasteiger partial charge on any atom is 0.337 e. The molecule has 0 bridgehead atoms. The molecular formula is C22H27N3O8S2. The number of thiazole rings is 1. The Bertz CT molecular complexity index is 1320. The zero-order valence-corrected chi connectivity index (χ0v) is 21.3. The van der Waals surface area contributed by atoms with Crippen molar-refractivity contribution >= 4 is 55.1 Å². The molecule has 0 atom stereocenters. The Labute approximate surface area is 206 Å². The van der Waals surface area contributed by atoms with Gasteiger partial charge in [0.25, 0.3) is 5.91 Å².